The van der Waals surface area contributed by atoms with Crippen molar-refractivity contribution in [3.8, 4) is 11.5 Å². The van der Waals surface area contributed by atoms with Gasteiger partial charge in [0.05, 0.1) is 4.91 Å². The highest BCUT2D eigenvalue weighted by molar-refractivity contribution is 8.18. The molecule has 0 spiro atoms. The Kier molecular flexibility index (Phi) is 8.64. The molecule has 0 bridgehead atoms. The van der Waals surface area contributed by atoms with E-state index in [9.17, 15) is 14.4 Å². The number of ether oxygens (including phenoxy) is 2. The van der Waals surface area contributed by atoms with Crippen molar-refractivity contribution >= 4 is 40.6 Å². The van der Waals surface area contributed by atoms with Crippen LogP contribution in [0.25, 0.3) is 6.08 Å². The van der Waals surface area contributed by atoms with E-state index in [1.165, 1.54) is 0 Å². The number of hydrogen-bond acceptors (Lipinski definition) is 6. The van der Waals surface area contributed by atoms with Crippen molar-refractivity contribution in [2.75, 3.05) is 25.1 Å². The lowest BCUT2D eigenvalue weighted by Crippen LogP contribution is -2.36. The van der Waals surface area contributed by atoms with Crippen LogP contribution in [0.15, 0.2) is 83.8 Å². The number of benzene rings is 3. The van der Waals surface area contributed by atoms with Gasteiger partial charge in [-0.2, -0.15) is 0 Å². The zero-order chi connectivity index (χ0) is 26.2. The number of anilines is 1. The van der Waals surface area contributed by atoms with E-state index in [2.05, 4.69) is 19.2 Å². The average Bonchev–Trinajstić information content (AvgIpc) is 3.15. The van der Waals surface area contributed by atoms with E-state index in [1.807, 2.05) is 72.8 Å². The van der Waals surface area contributed by atoms with Gasteiger partial charge < -0.3 is 14.8 Å². The second-order valence-corrected chi connectivity index (χ2v) is 9.67. The van der Waals surface area contributed by atoms with Crippen LogP contribution in [0.2, 0.25) is 0 Å². The van der Waals surface area contributed by atoms with Crippen LogP contribution in [0.4, 0.5) is 10.5 Å². The van der Waals surface area contributed by atoms with Crippen molar-refractivity contribution in [3.05, 3.63) is 94.9 Å². The number of thioether (sulfide) groups is 1. The van der Waals surface area contributed by atoms with Gasteiger partial charge in [-0.1, -0.05) is 56.3 Å². The predicted molar refractivity (Wildman–Crippen MR) is 146 cm³/mol. The molecule has 3 amide bonds. The lowest BCUT2D eigenvalue weighted by molar-refractivity contribution is -0.127. The number of carbonyl (C=O) groups is 3. The first kappa shape index (κ1) is 26.0. The van der Waals surface area contributed by atoms with Crippen LogP contribution in [0, 0.1) is 0 Å². The van der Waals surface area contributed by atoms with Crippen LogP contribution in [0.5, 0.6) is 11.5 Å². The van der Waals surface area contributed by atoms with E-state index >= 15 is 0 Å². The summed E-state index contributed by atoms with van der Waals surface area (Å²) in [5.74, 6) is 0.838. The number of amides is 3. The van der Waals surface area contributed by atoms with Gasteiger partial charge in [-0.3, -0.25) is 19.3 Å². The molecular formula is C29H28N2O5S. The van der Waals surface area contributed by atoms with Gasteiger partial charge in [-0.05, 0) is 71.3 Å². The Hall–Kier alpha value is -4.04. The zero-order valence-corrected chi connectivity index (χ0v) is 21.5. The summed E-state index contributed by atoms with van der Waals surface area (Å²) in [5.41, 5.74) is 2.48. The van der Waals surface area contributed by atoms with E-state index in [0.29, 0.717) is 36.1 Å². The van der Waals surface area contributed by atoms with E-state index < -0.39 is 17.1 Å². The molecule has 0 aromatic heterocycles. The minimum Gasteiger partial charge on any atom is -0.490 e. The molecule has 1 aliphatic rings. The lowest BCUT2D eigenvalue weighted by Gasteiger charge is -2.13. The Labute approximate surface area is 220 Å². The lowest BCUT2D eigenvalue weighted by atomic mass is 10.0. The molecule has 8 heteroatoms. The van der Waals surface area contributed by atoms with Gasteiger partial charge in [-0.15, -0.1) is 0 Å². The first-order valence-corrected chi connectivity index (χ1v) is 12.8. The van der Waals surface area contributed by atoms with Crippen LogP contribution in [0.3, 0.4) is 0 Å². The Morgan fingerprint density at radius 1 is 0.919 bits per heavy atom. The third kappa shape index (κ3) is 7.24. The summed E-state index contributed by atoms with van der Waals surface area (Å²) >= 11 is 0.813. The van der Waals surface area contributed by atoms with Crippen molar-refractivity contribution in [1.82, 2.24) is 4.90 Å². The number of nitrogens with zero attached hydrogens (tertiary/aromatic N) is 1. The maximum Gasteiger partial charge on any atom is 0.294 e. The predicted octanol–water partition coefficient (Wildman–Crippen LogP) is 5.94. The van der Waals surface area contributed by atoms with Crippen LogP contribution < -0.4 is 14.8 Å². The molecule has 0 radical (unpaired) electrons. The molecule has 7 nitrogen and oxygen atoms in total. The molecular weight excluding hydrogens is 488 g/mol. The molecule has 0 saturated carbocycles. The Morgan fingerprint density at radius 2 is 1.59 bits per heavy atom. The molecule has 3 aromatic carbocycles. The van der Waals surface area contributed by atoms with Crippen molar-refractivity contribution < 1.29 is 23.9 Å². The number of nitrogens with one attached hydrogen (secondary N) is 1. The molecule has 4 rings (SSSR count). The van der Waals surface area contributed by atoms with Gasteiger partial charge in [0, 0.05) is 5.69 Å². The molecule has 0 atom stereocenters. The second kappa shape index (κ2) is 12.3. The third-order valence-electron chi connectivity index (χ3n) is 5.56. The van der Waals surface area contributed by atoms with Crippen LogP contribution in [-0.4, -0.2) is 41.7 Å². The summed E-state index contributed by atoms with van der Waals surface area (Å²) in [7, 11) is 0. The van der Waals surface area contributed by atoms with Crippen LogP contribution in [0.1, 0.15) is 30.9 Å². The van der Waals surface area contributed by atoms with E-state index in [4.69, 9.17) is 9.47 Å². The fourth-order valence-corrected chi connectivity index (χ4v) is 4.45. The molecule has 1 heterocycles. The van der Waals surface area contributed by atoms with E-state index in [0.717, 1.165) is 28.0 Å². The normalized spacial score (nSPS) is 14.4. The third-order valence-corrected chi connectivity index (χ3v) is 6.46. The summed E-state index contributed by atoms with van der Waals surface area (Å²) in [4.78, 5) is 39.0. The molecule has 190 valence electrons. The fraction of sp³-hybridized carbons (Fsp3) is 0.207. The number of para-hydroxylation sites is 1. The summed E-state index contributed by atoms with van der Waals surface area (Å²) in [6.45, 7) is 4.57. The monoisotopic (exact) mass is 516 g/mol. The Morgan fingerprint density at radius 3 is 2.30 bits per heavy atom. The largest absolute Gasteiger partial charge is 0.490 e. The van der Waals surface area contributed by atoms with Gasteiger partial charge in [0.2, 0.25) is 5.91 Å². The Balaban J connectivity index is 1.31. The fourth-order valence-electron chi connectivity index (χ4n) is 3.61. The van der Waals surface area contributed by atoms with Gasteiger partial charge in [-0.25, -0.2) is 0 Å². The highest BCUT2D eigenvalue weighted by Crippen LogP contribution is 2.32. The topological polar surface area (TPSA) is 84.9 Å². The highest BCUT2D eigenvalue weighted by atomic mass is 32.2. The zero-order valence-electron chi connectivity index (χ0n) is 20.7. The second-order valence-electron chi connectivity index (χ2n) is 8.68. The molecule has 0 aliphatic carbocycles. The molecule has 0 unspecified atom stereocenters. The molecule has 1 saturated heterocycles. The number of carbonyl (C=O) groups excluding carboxylic acids is 3. The van der Waals surface area contributed by atoms with Crippen molar-refractivity contribution in [1.29, 1.82) is 0 Å². The average molecular weight is 517 g/mol. The summed E-state index contributed by atoms with van der Waals surface area (Å²) < 4.78 is 11.4. The summed E-state index contributed by atoms with van der Waals surface area (Å²) in [6.07, 6.45) is 1.63. The highest BCUT2D eigenvalue weighted by Gasteiger charge is 2.36. The first-order chi connectivity index (χ1) is 17.9. The van der Waals surface area contributed by atoms with Crippen molar-refractivity contribution in [3.63, 3.8) is 0 Å². The summed E-state index contributed by atoms with van der Waals surface area (Å²) in [6, 6.07) is 24.2. The number of imide groups is 1. The number of rotatable bonds is 10. The van der Waals surface area contributed by atoms with Crippen molar-refractivity contribution in [2.24, 2.45) is 0 Å². The first-order valence-electron chi connectivity index (χ1n) is 11.9. The quantitative estimate of drug-likeness (QED) is 0.265. The minimum atomic E-state index is -0.497. The minimum absolute atomic E-state index is 0.253. The molecule has 1 fully saturated rings. The molecule has 37 heavy (non-hydrogen) atoms. The van der Waals surface area contributed by atoms with Crippen molar-refractivity contribution in [2.45, 2.75) is 19.8 Å². The standard InChI is InChI=1S/C29H28N2O5S/c1-20(2)22-11-13-23(14-12-22)30-27(32)19-31-28(33)26(37-29(31)34)18-21-7-6-10-25(17-21)36-16-15-35-24-8-4-3-5-9-24/h3-14,17-18,20H,15-16,19H2,1-2H3,(H,30,32)/b26-18+. The van der Waals surface area contributed by atoms with Gasteiger partial charge >= 0.3 is 0 Å². The SMILES string of the molecule is CC(C)c1ccc(NC(=O)CN2C(=O)S/C(=C/c3cccc(OCCOc4ccccc4)c3)C2=O)cc1. The molecule has 3 aromatic rings. The van der Waals surface area contributed by atoms with Crippen LogP contribution >= 0.6 is 11.8 Å². The summed E-state index contributed by atoms with van der Waals surface area (Å²) in [5, 5.41) is 2.26. The smallest absolute Gasteiger partial charge is 0.294 e. The molecule has 1 aliphatic heterocycles. The maximum absolute atomic E-state index is 12.8. The Bertz CT molecular complexity index is 1290. The van der Waals surface area contributed by atoms with E-state index in [1.54, 1.807) is 12.1 Å². The van der Waals surface area contributed by atoms with Gasteiger partial charge in [0.15, 0.2) is 0 Å². The van der Waals surface area contributed by atoms with Crippen LogP contribution in [-0.2, 0) is 9.59 Å². The number of hydrogen-bond donors (Lipinski definition) is 1. The molecule has 1 N–H and O–H groups in total. The van der Waals surface area contributed by atoms with Gasteiger partial charge in [0.25, 0.3) is 11.1 Å². The van der Waals surface area contributed by atoms with Gasteiger partial charge in [0.1, 0.15) is 31.3 Å². The maximum atomic E-state index is 12.8. The van der Waals surface area contributed by atoms with E-state index in [-0.39, 0.29) is 11.4 Å².